The zero-order valence-electron chi connectivity index (χ0n) is 11.8. The highest BCUT2D eigenvalue weighted by atomic mass is 16.1. The Kier molecular flexibility index (Phi) is 3.69. The minimum absolute atomic E-state index is 0.488. The summed E-state index contributed by atoms with van der Waals surface area (Å²) in [5.41, 5.74) is 2.77. The largest absolute Gasteiger partial charge is 0.300 e. The van der Waals surface area contributed by atoms with Gasteiger partial charge in [-0.1, -0.05) is 36.2 Å². The maximum Gasteiger partial charge on any atom is 0.136 e. The normalized spacial score (nSPS) is 27.5. The molecule has 2 bridgehead atoms. The average molecular weight is 257 g/mol. The van der Waals surface area contributed by atoms with Crippen molar-refractivity contribution < 1.29 is 4.79 Å². The Labute approximate surface area is 115 Å². The Morgan fingerprint density at radius 1 is 1.21 bits per heavy atom. The predicted molar refractivity (Wildman–Crippen MR) is 77.3 cm³/mol. The Bertz CT molecular complexity index is 452. The van der Waals surface area contributed by atoms with E-state index in [9.17, 15) is 4.79 Å². The highest BCUT2D eigenvalue weighted by Gasteiger charge is 2.36. The number of aryl methyl sites for hydroxylation is 1. The Morgan fingerprint density at radius 3 is 2.63 bits per heavy atom. The van der Waals surface area contributed by atoms with E-state index in [0.717, 1.165) is 25.8 Å². The van der Waals surface area contributed by atoms with Crippen molar-refractivity contribution in [3.63, 3.8) is 0 Å². The first-order chi connectivity index (χ1) is 9.22. The number of Topliss-reactive ketones (excluding diaryl/α,β-unsaturated/α-hetero) is 1. The smallest absolute Gasteiger partial charge is 0.136 e. The van der Waals surface area contributed by atoms with Crippen molar-refractivity contribution in [3.8, 4) is 0 Å². The lowest BCUT2D eigenvalue weighted by molar-refractivity contribution is -0.127. The lowest BCUT2D eigenvalue weighted by Crippen LogP contribution is -2.52. The Morgan fingerprint density at radius 2 is 1.95 bits per heavy atom. The zero-order valence-corrected chi connectivity index (χ0v) is 11.8. The number of hydrogen-bond acceptors (Lipinski definition) is 2. The van der Waals surface area contributed by atoms with E-state index in [1.165, 1.54) is 30.4 Å². The van der Waals surface area contributed by atoms with Crippen LogP contribution in [0.15, 0.2) is 24.3 Å². The van der Waals surface area contributed by atoms with E-state index in [2.05, 4.69) is 36.1 Å². The summed E-state index contributed by atoms with van der Waals surface area (Å²) in [5.74, 6) is 0.488. The first-order valence-corrected chi connectivity index (χ1v) is 7.55. The lowest BCUT2D eigenvalue weighted by Gasteiger charge is -2.45. The SMILES string of the molecule is Cc1cccc(CCN2C3CCCC2CC(=O)C3)c1. The number of rotatable bonds is 3. The minimum Gasteiger partial charge on any atom is -0.300 e. The molecule has 1 aromatic rings. The molecule has 2 saturated heterocycles. The van der Waals surface area contributed by atoms with Crippen LogP contribution in [-0.4, -0.2) is 29.3 Å². The van der Waals surface area contributed by atoms with Gasteiger partial charge in [-0.05, 0) is 31.7 Å². The van der Waals surface area contributed by atoms with Gasteiger partial charge in [-0.15, -0.1) is 0 Å². The van der Waals surface area contributed by atoms with E-state index >= 15 is 0 Å². The molecule has 0 amide bonds. The van der Waals surface area contributed by atoms with E-state index < -0.39 is 0 Å². The fraction of sp³-hybridized carbons (Fsp3) is 0.588. The molecule has 2 heteroatoms. The van der Waals surface area contributed by atoms with E-state index in [1.807, 2.05) is 0 Å². The van der Waals surface area contributed by atoms with Crippen LogP contribution in [0.5, 0.6) is 0 Å². The van der Waals surface area contributed by atoms with E-state index in [0.29, 0.717) is 17.9 Å². The number of nitrogens with zero attached hydrogens (tertiary/aromatic N) is 1. The van der Waals surface area contributed by atoms with Crippen molar-refractivity contribution in [2.75, 3.05) is 6.54 Å². The van der Waals surface area contributed by atoms with Gasteiger partial charge in [0, 0.05) is 31.5 Å². The molecule has 0 radical (unpaired) electrons. The van der Waals surface area contributed by atoms with Crippen molar-refractivity contribution in [3.05, 3.63) is 35.4 Å². The van der Waals surface area contributed by atoms with Crippen molar-refractivity contribution in [2.24, 2.45) is 0 Å². The highest BCUT2D eigenvalue weighted by molar-refractivity contribution is 5.80. The molecule has 3 rings (SSSR count). The molecule has 102 valence electrons. The van der Waals surface area contributed by atoms with Crippen LogP contribution in [0, 0.1) is 6.92 Å². The van der Waals surface area contributed by atoms with Crippen molar-refractivity contribution in [1.29, 1.82) is 0 Å². The Hall–Kier alpha value is -1.15. The zero-order chi connectivity index (χ0) is 13.2. The van der Waals surface area contributed by atoms with Crippen LogP contribution in [0.25, 0.3) is 0 Å². The van der Waals surface area contributed by atoms with Gasteiger partial charge < -0.3 is 0 Å². The number of fused-ring (bicyclic) bond motifs is 2. The molecule has 2 fully saturated rings. The number of carbonyl (C=O) groups is 1. The fourth-order valence-corrected chi connectivity index (χ4v) is 3.76. The molecule has 2 aliphatic rings. The predicted octanol–water partition coefficient (Wildman–Crippen LogP) is 3.12. The summed E-state index contributed by atoms with van der Waals surface area (Å²) in [6.07, 6.45) is 6.45. The van der Waals surface area contributed by atoms with Crippen molar-refractivity contribution in [1.82, 2.24) is 4.90 Å². The summed E-state index contributed by atoms with van der Waals surface area (Å²) in [5, 5.41) is 0. The van der Waals surface area contributed by atoms with Gasteiger partial charge in [0.1, 0.15) is 5.78 Å². The average Bonchev–Trinajstić information content (AvgIpc) is 2.36. The third-order valence-electron chi connectivity index (χ3n) is 4.68. The van der Waals surface area contributed by atoms with Crippen LogP contribution >= 0.6 is 0 Å². The van der Waals surface area contributed by atoms with Crippen LogP contribution in [-0.2, 0) is 11.2 Å². The minimum atomic E-state index is 0.488. The van der Waals surface area contributed by atoms with Crippen LogP contribution in [0.4, 0.5) is 0 Å². The standard InChI is InChI=1S/C17H23NO/c1-13-4-2-5-14(10-13)8-9-18-15-6-3-7-16(18)12-17(19)11-15/h2,4-5,10,15-16H,3,6-9,11-12H2,1H3. The summed E-state index contributed by atoms with van der Waals surface area (Å²) < 4.78 is 0. The van der Waals surface area contributed by atoms with Gasteiger partial charge in [-0.2, -0.15) is 0 Å². The van der Waals surface area contributed by atoms with E-state index in [4.69, 9.17) is 0 Å². The highest BCUT2D eigenvalue weighted by Crippen LogP contribution is 2.32. The molecule has 2 unspecified atom stereocenters. The summed E-state index contributed by atoms with van der Waals surface area (Å²) in [6, 6.07) is 9.86. The molecule has 0 aliphatic carbocycles. The summed E-state index contributed by atoms with van der Waals surface area (Å²) in [7, 11) is 0. The quantitative estimate of drug-likeness (QED) is 0.829. The van der Waals surface area contributed by atoms with Gasteiger partial charge in [0.05, 0.1) is 0 Å². The number of piperidine rings is 2. The topological polar surface area (TPSA) is 20.3 Å². The van der Waals surface area contributed by atoms with Crippen LogP contribution < -0.4 is 0 Å². The van der Waals surface area contributed by atoms with E-state index in [1.54, 1.807) is 0 Å². The molecule has 2 heterocycles. The van der Waals surface area contributed by atoms with Gasteiger partial charge >= 0.3 is 0 Å². The summed E-state index contributed by atoms with van der Waals surface area (Å²) in [4.78, 5) is 14.3. The van der Waals surface area contributed by atoms with E-state index in [-0.39, 0.29) is 0 Å². The lowest BCUT2D eigenvalue weighted by atomic mass is 9.83. The Balaban J connectivity index is 1.64. The monoisotopic (exact) mass is 257 g/mol. The third kappa shape index (κ3) is 2.89. The number of hydrogen-bond donors (Lipinski definition) is 0. The second-order valence-corrected chi connectivity index (χ2v) is 6.16. The molecular formula is C17H23NO. The fourth-order valence-electron chi connectivity index (χ4n) is 3.76. The summed E-state index contributed by atoms with van der Waals surface area (Å²) >= 11 is 0. The second-order valence-electron chi connectivity index (χ2n) is 6.16. The number of ketones is 1. The van der Waals surface area contributed by atoms with Gasteiger partial charge in [0.2, 0.25) is 0 Å². The van der Waals surface area contributed by atoms with Crippen molar-refractivity contribution >= 4 is 5.78 Å². The number of carbonyl (C=O) groups excluding carboxylic acids is 1. The van der Waals surface area contributed by atoms with Crippen molar-refractivity contribution in [2.45, 2.75) is 57.5 Å². The molecule has 0 N–H and O–H groups in total. The third-order valence-corrected chi connectivity index (χ3v) is 4.68. The molecule has 2 nitrogen and oxygen atoms in total. The van der Waals surface area contributed by atoms with Gasteiger partial charge in [0.15, 0.2) is 0 Å². The molecule has 1 aromatic carbocycles. The van der Waals surface area contributed by atoms with Crippen LogP contribution in [0.3, 0.4) is 0 Å². The molecule has 0 aromatic heterocycles. The summed E-state index contributed by atoms with van der Waals surface area (Å²) in [6.45, 7) is 3.27. The molecule has 0 saturated carbocycles. The molecule has 0 spiro atoms. The van der Waals surface area contributed by atoms with Crippen LogP contribution in [0.1, 0.15) is 43.2 Å². The molecule has 2 atom stereocenters. The first kappa shape index (κ1) is 12.9. The molecule has 19 heavy (non-hydrogen) atoms. The van der Waals surface area contributed by atoms with Gasteiger partial charge in [0.25, 0.3) is 0 Å². The molecule has 2 aliphatic heterocycles. The maximum absolute atomic E-state index is 11.7. The second kappa shape index (κ2) is 5.46. The first-order valence-electron chi connectivity index (χ1n) is 7.55. The maximum atomic E-state index is 11.7. The number of benzene rings is 1. The van der Waals surface area contributed by atoms with Crippen LogP contribution in [0.2, 0.25) is 0 Å². The van der Waals surface area contributed by atoms with Gasteiger partial charge in [-0.25, -0.2) is 0 Å². The van der Waals surface area contributed by atoms with Gasteiger partial charge in [-0.3, -0.25) is 9.69 Å². The molecular weight excluding hydrogens is 234 g/mol.